The molecule has 14 heteroatoms. The highest BCUT2D eigenvalue weighted by molar-refractivity contribution is 5.79. The van der Waals surface area contributed by atoms with Crippen molar-refractivity contribution in [2.75, 3.05) is 39.4 Å². The summed E-state index contributed by atoms with van der Waals surface area (Å²) >= 11 is 0. The second kappa shape index (κ2) is 14.9. The molecule has 1 aromatic rings. The van der Waals surface area contributed by atoms with E-state index in [2.05, 4.69) is 5.32 Å². The summed E-state index contributed by atoms with van der Waals surface area (Å²) < 4.78 is 71.6. The Hall–Kier alpha value is -2.97. The fourth-order valence-corrected chi connectivity index (χ4v) is 8.16. The SMILES string of the molecule is O=C(OCc1ccccc1)N1CCC(N2C(=O)CO[C@H]3CCC(F)(F)C[C@@H]32)CC1.O=C1CO[C@H]2CCC(F)(F)C[C@@H]2N1C1CCNCC1. The standard InChI is InChI=1S/C21H26F2N2O4.C13H20F2N2O2/c22-21(23)9-6-18-17(12-21)25(19(26)14-28-18)16-7-10-24(11-8-16)20(27)29-13-15-4-2-1-3-5-15;14-13(15)4-1-11-10(7-13)17(12(18)8-19-11)9-2-5-16-6-3-9/h1-5,16-18H,6-14H2;9-11,16H,1-8H2/t17-,18-;10-,11-/m00/s1. The van der Waals surface area contributed by atoms with Crippen molar-refractivity contribution < 1.29 is 46.2 Å². The van der Waals surface area contributed by atoms with Crippen LogP contribution in [-0.2, 0) is 30.4 Å². The molecule has 2 saturated carbocycles. The van der Waals surface area contributed by atoms with E-state index in [4.69, 9.17) is 14.2 Å². The molecule has 0 bridgehead atoms. The van der Waals surface area contributed by atoms with Gasteiger partial charge in [-0.2, -0.15) is 0 Å². The number of carbonyl (C=O) groups is 3. The number of hydrogen-bond donors (Lipinski definition) is 1. The van der Waals surface area contributed by atoms with Crippen LogP contribution in [0.2, 0.25) is 0 Å². The third-order valence-corrected chi connectivity index (χ3v) is 10.6. The van der Waals surface area contributed by atoms with Gasteiger partial charge in [0.25, 0.3) is 0 Å². The first-order chi connectivity index (χ1) is 23.0. The van der Waals surface area contributed by atoms with Gasteiger partial charge in [-0.15, -0.1) is 0 Å². The molecular weight excluding hydrogens is 636 g/mol. The third kappa shape index (κ3) is 8.24. The Bertz CT molecular complexity index is 1280. The Kier molecular flexibility index (Phi) is 10.8. The number of morpholine rings is 2. The zero-order valence-electron chi connectivity index (χ0n) is 27.2. The molecule has 266 valence electrons. The summed E-state index contributed by atoms with van der Waals surface area (Å²) in [6.07, 6.45) is 1.62. The van der Waals surface area contributed by atoms with Crippen LogP contribution in [0.25, 0.3) is 0 Å². The normalized spacial score (nSPS) is 30.9. The molecule has 6 aliphatic rings. The second-order valence-corrected chi connectivity index (χ2v) is 13.9. The van der Waals surface area contributed by atoms with Gasteiger partial charge in [0.1, 0.15) is 19.8 Å². The number of hydrogen-bond acceptors (Lipinski definition) is 7. The molecule has 4 heterocycles. The van der Waals surface area contributed by atoms with E-state index in [1.54, 1.807) is 14.7 Å². The number of nitrogens with zero attached hydrogens (tertiary/aromatic N) is 3. The monoisotopic (exact) mass is 682 g/mol. The van der Waals surface area contributed by atoms with Crippen molar-refractivity contribution in [3.63, 3.8) is 0 Å². The largest absolute Gasteiger partial charge is 0.445 e. The van der Waals surface area contributed by atoms with Gasteiger partial charge in [0.15, 0.2) is 0 Å². The van der Waals surface area contributed by atoms with Gasteiger partial charge in [-0.3, -0.25) is 9.59 Å². The Labute approximate surface area is 278 Å². The maximum absolute atomic E-state index is 14.0. The highest BCUT2D eigenvalue weighted by Gasteiger charge is 2.51. The van der Waals surface area contributed by atoms with E-state index in [-0.39, 0.29) is 94.1 Å². The van der Waals surface area contributed by atoms with Crippen LogP contribution in [0.1, 0.15) is 69.8 Å². The van der Waals surface area contributed by atoms with Crippen LogP contribution in [0.3, 0.4) is 0 Å². The average Bonchev–Trinajstić information content (AvgIpc) is 3.07. The molecule has 0 spiro atoms. The lowest BCUT2D eigenvalue weighted by Gasteiger charge is -2.50. The first-order valence-electron chi connectivity index (χ1n) is 17.3. The second-order valence-electron chi connectivity index (χ2n) is 13.9. The van der Waals surface area contributed by atoms with Gasteiger partial charge >= 0.3 is 6.09 Å². The van der Waals surface area contributed by atoms with Gasteiger partial charge in [0.05, 0.1) is 24.3 Å². The minimum absolute atomic E-state index is 0.0495. The summed E-state index contributed by atoms with van der Waals surface area (Å²) in [5.74, 6) is -5.77. The maximum atomic E-state index is 14.0. The number of alkyl halides is 4. The van der Waals surface area contributed by atoms with E-state index in [0.29, 0.717) is 32.4 Å². The number of amides is 3. The third-order valence-electron chi connectivity index (χ3n) is 10.6. The van der Waals surface area contributed by atoms with E-state index in [0.717, 1.165) is 31.5 Å². The van der Waals surface area contributed by atoms with Crippen LogP contribution in [0, 0.1) is 0 Å². The van der Waals surface area contributed by atoms with Crippen LogP contribution in [0.5, 0.6) is 0 Å². The first kappa shape index (κ1) is 34.9. The Balaban J connectivity index is 0.000000182. The molecular formula is C34H46F4N4O6. The molecule has 0 radical (unpaired) electrons. The lowest BCUT2D eigenvalue weighted by atomic mass is 9.85. The van der Waals surface area contributed by atoms with Crippen LogP contribution >= 0.6 is 0 Å². The summed E-state index contributed by atoms with van der Waals surface area (Å²) in [6.45, 7) is 2.79. The van der Waals surface area contributed by atoms with Crippen molar-refractivity contribution in [3.8, 4) is 0 Å². The molecule has 10 nitrogen and oxygen atoms in total. The quantitative estimate of drug-likeness (QED) is 0.472. The highest BCUT2D eigenvalue weighted by Crippen LogP contribution is 2.41. The lowest BCUT2D eigenvalue weighted by Crippen LogP contribution is -2.63. The van der Waals surface area contributed by atoms with Gasteiger partial charge in [0.2, 0.25) is 23.7 Å². The van der Waals surface area contributed by atoms with Crippen molar-refractivity contribution >= 4 is 17.9 Å². The van der Waals surface area contributed by atoms with Crippen molar-refractivity contribution in [2.24, 2.45) is 0 Å². The zero-order chi connectivity index (χ0) is 33.9. The topological polar surface area (TPSA) is 101 Å². The van der Waals surface area contributed by atoms with Gasteiger partial charge in [-0.1, -0.05) is 30.3 Å². The molecule has 0 unspecified atom stereocenters. The number of fused-ring (bicyclic) bond motifs is 2. The fourth-order valence-electron chi connectivity index (χ4n) is 8.16. The summed E-state index contributed by atoms with van der Waals surface area (Å²) in [6, 6.07) is 8.38. The van der Waals surface area contributed by atoms with Gasteiger partial charge in [-0.25, -0.2) is 22.4 Å². The molecule has 4 saturated heterocycles. The van der Waals surface area contributed by atoms with Crippen LogP contribution < -0.4 is 5.32 Å². The number of rotatable bonds is 4. The number of carbonyl (C=O) groups excluding carboxylic acids is 3. The zero-order valence-corrected chi connectivity index (χ0v) is 27.2. The maximum Gasteiger partial charge on any atom is 0.410 e. The fraction of sp³-hybridized carbons (Fsp3) is 0.735. The Morgan fingerprint density at radius 2 is 1.27 bits per heavy atom. The summed E-state index contributed by atoms with van der Waals surface area (Å²) in [7, 11) is 0. The molecule has 4 aliphatic heterocycles. The minimum Gasteiger partial charge on any atom is -0.445 e. The van der Waals surface area contributed by atoms with Crippen molar-refractivity contribution in [1.82, 2.24) is 20.0 Å². The molecule has 0 aromatic heterocycles. The van der Waals surface area contributed by atoms with Crippen molar-refractivity contribution in [3.05, 3.63) is 35.9 Å². The van der Waals surface area contributed by atoms with Gasteiger partial charge in [0, 0.05) is 50.9 Å². The van der Waals surface area contributed by atoms with E-state index in [9.17, 15) is 31.9 Å². The molecule has 48 heavy (non-hydrogen) atoms. The van der Waals surface area contributed by atoms with Gasteiger partial charge in [-0.05, 0) is 57.2 Å². The molecule has 1 N–H and O–H groups in total. The Morgan fingerprint density at radius 3 is 1.79 bits per heavy atom. The highest BCUT2D eigenvalue weighted by atomic mass is 19.3. The van der Waals surface area contributed by atoms with E-state index >= 15 is 0 Å². The van der Waals surface area contributed by atoms with E-state index in [1.165, 1.54) is 0 Å². The summed E-state index contributed by atoms with van der Waals surface area (Å²) in [5, 5.41) is 3.24. The predicted molar refractivity (Wildman–Crippen MR) is 165 cm³/mol. The predicted octanol–water partition coefficient (Wildman–Crippen LogP) is 4.36. The number of halogens is 4. The molecule has 3 amide bonds. The van der Waals surface area contributed by atoms with E-state index < -0.39 is 23.9 Å². The molecule has 2 aliphatic carbocycles. The molecule has 1 aromatic carbocycles. The number of ether oxygens (including phenoxy) is 3. The first-order valence-corrected chi connectivity index (χ1v) is 17.3. The molecule has 6 fully saturated rings. The summed E-state index contributed by atoms with van der Waals surface area (Å²) in [5.41, 5.74) is 0.916. The Morgan fingerprint density at radius 1 is 0.771 bits per heavy atom. The van der Waals surface area contributed by atoms with Crippen LogP contribution in [0.4, 0.5) is 22.4 Å². The number of nitrogens with one attached hydrogen (secondary N) is 1. The average molecular weight is 683 g/mol. The molecule has 4 atom stereocenters. The summed E-state index contributed by atoms with van der Waals surface area (Å²) in [4.78, 5) is 41.9. The van der Waals surface area contributed by atoms with Crippen LogP contribution in [0.15, 0.2) is 30.3 Å². The minimum atomic E-state index is -2.76. The van der Waals surface area contributed by atoms with Crippen molar-refractivity contribution in [2.45, 2.75) is 119 Å². The molecule has 7 rings (SSSR count). The lowest BCUT2D eigenvalue weighted by molar-refractivity contribution is -0.183. The van der Waals surface area contributed by atoms with Crippen molar-refractivity contribution in [1.29, 1.82) is 0 Å². The van der Waals surface area contributed by atoms with Gasteiger partial charge < -0.3 is 34.2 Å². The smallest absolute Gasteiger partial charge is 0.410 e. The van der Waals surface area contributed by atoms with Crippen LogP contribution in [-0.4, -0.2) is 120 Å². The number of benzene rings is 1. The van der Waals surface area contributed by atoms with E-state index in [1.807, 2.05) is 30.3 Å². The number of likely N-dealkylation sites (tertiary alicyclic amines) is 1. The number of piperidine rings is 2.